The summed E-state index contributed by atoms with van der Waals surface area (Å²) in [5, 5.41) is 2.04. The van der Waals surface area contributed by atoms with Gasteiger partial charge >= 0.3 is 5.97 Å². The molecule has 0 saturated heterocycles. The van der Waals surface area contributed by atoms with E-state index in [0.29, 0.717) is 12.2 Å². The molecule has 5 heteroatoms. The number of ether oxygens (including phenoxy) is 1. The van der Waals surface area contributed by atoms with Crippen LogP contribution in [0.25, 0.3) is 0 Å². The van der Waals surface area contributed by atoms with E-state index in [1.807, 2.05) is 18.9 Å². The van der Waals surface area contributed by atoms with Crippen LogP contribution in [-0.4, -0.2) is 24.1 Å². The number of nitrogens with one attached hydrogen (secondary N) is 1. The van der Waals surface area contributed by atoms with Crippen LogP contribution in [-0.2, 0) is 24.1 Å². The molecule has 20 heavy (non-hydrogen) atoms. The second-order valence-corrected chi connectivity index (χ2v) is 4.72. The number of rotatable bonds is 5. The standard InChI is InChI=1S/C15H23N3O2/c1-5-10-11-9-16-18(7-3)14(11)17-12(6-2)13(10)15(19)20-8-4/h16H,5-9H2,1-4H3. The molecule has 1 N–H and O–H groups in total. The molecule has 2 rings (SSSR count). The minimum Gasteiger partial charge on any atom is -0.462 e. The first-order valence-electron chi connectivity index (χ1n) is 7.40. The van der Waals surface area contributed by atoms with Gasteiger partial charge in [0.1, 0.15) is 5.82 Å². The molecule has 0 bridgehead atoms. The zero-order chi connectivity index (χ0) is 14.7. The van der Waals surface area contributed by atoms with Gasteiger partial charge in [-0.05, 0) is 32.3 Å². The molecular weight excluding hydrogens is 254 g/mol. The van der Waals surface area contributed by atoms with E-state index in [4.69, 9.17) is 9.72 Å². The summed E-state index contributed by atoms with van der Waals surface area (Å²) in [6, 6.07) is 0. The zero-order valence-electron chi connectivity index (χ0n) is 12.7. The molecule has 1 aliphatic rings. The van der Waals surface area contributed by atoms with Gasteiger partial charge < -0.3 is 4.74 Å². The largest absolute Gasteiger partial charge is 0.462 e. The average Bonchev–Trinajstić information content (AvgIpc) is 2.87. The molecule has 0 aromatic carbocycles. The predicted molar refractivity (Wildman–Crippen MR) is 78.8 cm³/mol. The molecule has 0 unspecified atom stereocenters. The van der Waals surface area contributed by atoms with E-state index in [1.165, 1.54) is 0 Å². The third-order valence-corrected chi connectivity index (χ3v) is 3.65. The molecule has 0 aliphatic carbocycles. The van der Waals surface area contributed by atoms with Crippen molar-refractivity contribution in [3.05, 3.63) is 22.4 Å². The zero-order valence-corrected chi connectivity index (χ0v) is 12.7. The number of hydrogen-bond acceptors (Lipinski definition) is 5. The van der Waals surface area contributed by atoms with Crippen LogP contribution >= 0.6 is 0 Å². The van der Waals surface area contributed by atoms with Gasteiger partial charge in [0.15, 0.2) is 0 Å². The van der Waals surface area contributed by atoms with Crippen LogP contribution in [0.2, 0.25) is 0 Å². The smallest absolute Gasteiger partial charge is 0.340 e. The number of fused-ring (bicyclic) bond motifs is 1. The number of esters is 1. The number of carbonyl (C=O) groups is 1. The van der Waals surface area contributed by atoms with Crippen LogP contribution in [0.15, 0.2) is 0 Å². The van der Waals surface area contributed by atoms with Gasteiger partial charge in [-0.1, -0.05) is 13.8 Å². The Kier molecular flexibility index (Phi) is 4.60. The fourth-order valence-corrected chi connectivity index (χ4v) is 2.72. The Morgan fingerprint density at radius 3 is 2.60 bits per heavy atom. The minimum absolute atomic E-state index is 0.244. The summed E-state index contributed by atoms with van der Waals surface area (Å²) in [5.74, 6) is 0.723. The summed E-state index contributed by atoms with van der Waals surface area (Å²) in [4.78, 5) is 17.0. The van der Waals surface area contributed by atoms with Crippen LogP contribution in [0.5, 0.6) is 0 Å². The van der Waals surface area contributed by atoms with Crippen LogP contribution in [0.1, 0.15) is 54.9 Å². The van der Waals surface area contributed by atoms with Crippen LogP contribution < -0.4 is 10.4 Å². The van der Waals surface area contributed by atoms with Crippen LogP contribution in [0.3, 0.4) is 0 Å². The molecule has 0 radical (unpaired) electrons. The number of nitrogens with zero attached hydrogens (tertiary/aromatic N) is 2. The summed E-state index contributed by atoms with van der Waals surface area (Å²) in [7, 11) is 0. The average molecular weight is 277 g/mol. The van der Waals surface area contributed by atoms with E-state index in [-0.39, 0.29) is 5.97 Å². The van der Waals surface area contributed by atoms with Crippen molar-refractivity contribution < 1.29 is 9.53 Å². The topological polar surface area (TPSA) is 54.5 Å². The third-order valence-electron chi connectivity index (χ3n) is 3.65. The second kappa shape index (κ2) is 6.22. The van der Waals surface area contributed by atoms with Crippen LogP contribution in [0, 0.1) is 0 Å². The molecule has 0 spiro atoms. The molecule has 1 aromatic rings. The fourth-order valence-electron chi connectivity index (χ4n) is 2.72. The molecule has 0 atom stereocenters. The molecule has 0 saturated carbocycles. The highest BCUT2D eigenvalue weighted by atomic mass is 16.5. The van der Waals surface area contributed by atoms with Crippen LogP contribution in [0.4, 0.5) is 5.82 Å². The van der Waals surface area contributed by atoms with E-state index in [1.54, 1.807) is 0 Å². The Bertz CT molecular complexity index is 514. The number of aryl methyl sites for hydroxylation is 1. The molecule has 1 aromatic heterocycles. The number of anilines is 1. The Morgan fingerprint density at radius 1 is 1.30 bits per heavy atom. The maximum Gasteiger partial charge on any atom is 0.340 e. The van der Waals surface area contributed by atoms with Gasteiger partial charge in [-0.3, -0.25) is 5.01 Å². The highest BCUT2D eigenvalue weighted by Crippen LogP contribution is 2.31. The lowest BCUT2D eigenvalue weighted by Gasteiger charge is -2.19. The quantitative estimate of drug-likeness (QED) is 0.836. The van der Waals surface area contributed by atoms with Crippen molar-refractivity contribution in [2.75, 3.05) is 18.2 Å². The lowest BCUT2D eigenvalue weighted by Crippen LogP contribution is -2.32. The Labute approximate surface area is 120 Å². The molecule has 110 valence electrons. The van der Waals surface area contributed by atoms with Gasteiger partial charge in [0.2, 0.25) is 0 Å². The number of hydrazine groups is 1. The van der Waals surface area contributed by atoms with Crippen molar-refractivity contribution in [1.29, 1.82) is 0 Å². The van der Waals surface area contributed by atoms with E-state index >= 15 is 0 Å². The third kappa shape index (κ3) is 2.38. The Morgan fingerprint density at radius 2 is 2.05 bits per heavy atom. The Hall–Kier alpha value is -1.62. The fraction of sp³-hybridized carbons (Fsp3) is 0.600. The molecular formula is C15H23N3O2. The number of pyridine rings is 1. The SMILES string of the molecule is CCOC(=O)c1c(CC)nc2c(c1CC)CNN2CC. The van der Waals surface area contributed by atoms with Crippen molar-refractivity contribution >= 4 is 11.8 Å². The summed E-state index contributed by atoms with van der Waals surface area (Å²) in [5.41, 5.74) is 7.04. The Balaban J connectivity index is 2.60. The van der Waals surface area contributed by atoms with Gasteiger partial charge in [0.05, 0.1) is 17.9 Å². The molecule has 0 fully saturated rings. The molecule has 5 nitrogen and oxygen atoms in total. The molecule has 0 amide bonds. The van der Waals surface area contributed by atoms with Gasteiger partial charge in [-0.15, -0.1) is 0 Å². The summed E-state index contributed by atoms with van der Waals surface area (Å²) < 4.78 is 5.21. The van der Waals surface area contributed by atoms with Crippen molar-refractivity contribution in [3.63, 3.8) is 0 Å². The van der Waals surface area contributed by atoms with Gasteiger partial charge in [-0.25, -0.2) is 15.2 Å². The van der Waals surface area contributed by atoms with E-state index < -0.39 is 0 Å². The first-order chi connectivity index (χ1) is 9.67. The van der Waals surface area contributed by atoms with Gasteiger partial charge in [0, 0.05) is 18.7 Å². The van der Waals surface area contributed by atoms with Crippen molar-refractivity contribution in [1.82, 2.24) is 10.4 Å². The number of aromatic nitrogens is 1. The lowest BCUT2D eigenvalue weighted by atomic mass is 9.97. The number of carbonyl (C=O) groups excluding carboxylic acids is 1. The van der Waals surface area contributed by atoms with Crippen molar-refractivity contribution in [2.45, 2.75) is 47.1 Å². The summed E-state index contributed by atoms with van der Waals surface area (Å²) >= 11 is 0. The van der Waals surface area contributed by atoms with Gasteiger partial charge in [-0.2, -0.15) is 0 Å². The maximum atomic E-state index is 12.3. The second-order valence-electron chi connectivity index (χ2n) is 4.72. The number of hydrogen-bond donors (Lipinski definition) is 1. The normalized spacial score (nSPS) is 13.5. The van der Waals surface area contributed by atoms with Gasteiger partial charge in [0.25, 0.3) is 0 Å². The summed E-state index contributed by atoms with van der Waals surface area (Å²) in [6.45, 7) is 9.99. The molecule has 2 heterocycles. The predicted octanol–water partition coefficient (Wildman–Crippen LogP) is 2.23. The van der Waals surface area contributed by atoms with E-state index in [0.717, 1.165) is 48.6 Å². The highest BCUT2D eigenvalue weighted by molar-refractivity contribution is 5.93. The first-order valence-corrected chi connectivity index (χ1v) is 7.40. The molecule has 1 aliphatic heterocycles. The summed E-state index contributed by atoms with van der Waals surface area (Å²) in [6.07, 6.45) is 1.54. The highest BCUT2D eigenvalue weighted by Gasteiger charge is 2.28. The van der Waals surface area contributed by atoms with E-state index in [2.05, 4.69) is 19.3 Å². The maximum absolute atomic E-state index is 12.3. The van der Waals surface area contributed by atoms with E-state index in [9.17, 15) is 4.79 Å². The monoisotopic (exact) mass is 277 g/mol. The first kappa shape index (κ1) is 14.8. The van der Waals surface area contributed by atoms with Crippen molar-refractivity contribution in [3.8, 4) is 0 Å². The minimum atomic E-state index is -0.244. The lowest BCUT2D eigenvalue weighted by molar-refractivity contribution is 0.0523. The van der Waals surface area contributed by atoms with Crippen molar-refractivity contribution in [2.24, 2.45) is 0 Å².